The summed E-state index contributed by atoms with van der Waals surface area (Å²) in [5, 5.41) is 1.40. The van der Waals surface area contributed by atoms with Crippen LogP contribution in [0.5, 0.6) is 5.75 Å². The predicted octanol–water partition coefficient (Wildman–Crippen LogP) is -0.0862. The van der Waals surface area contributed by atoms with Gasteiger partial charge < -0.3 is 8.74 Å². The molecule has 0 spiro atoms. The summed E-state index contributed by atoms with van der Waals surface area (Å²) in [4.78, 5) is 12.4. The molecule has 0 radical (unpaired) electrons. The van der Waals surface area contributed by atoms with Gasteiger partial charge in [0.05, 0.1) is 0 Å². The Labute approximate surface area is 161 Å². The molecular weight excluding hydrogens is 339 g/mol. The summed E-state index contributed by atoms with van der Waals surface area (Å²) in [5.74, 6) is -0.162. The van der Waals surface area contributed by atoms with E-state index in [0.717, 1.165) is 5.39 Å². The molecule has 24 heavy (non-hydrogen) atoms. The minimum Gasteiger partial charge on any atom is -0.716 e. The third-order valence-electron chi connectivity index (χ3n) is 3.31. The predicted molar refractivity (Wildman–Crippen MR) is 84.1 cm³/mol. The third-order valence-corrected chi connectivity index (χ3v) is 3.70. The van der Waals surface area contributed by atoms with Gasteiger partial charge in [0, 0.05) is 11.1 Å². The zero-order chi connectivity index (χ0) is 16.4. The van der Waals surface area contributed by atoms with E-state index in [9.17, 15) is 17.8 Å². The Bertz CT molecular complexity index is 984. The second-order valence-electron chi connectivity index (χ2n) is 4.91. The first-order valence-corrected chi connectivity index (χ1v) is 8.04. The fraction of sp³-hybridized carbons (Fsp3) is 0. The smallest absolute Gasteiger partial charge is 0.716 e. The largest absolute Gasteiger partial charge is 1.00 e. The van der Waals surface area contributed by atoms with E-state index in [1.54, 1.807) is 48.5 Å². The Morgan fingerprint density at radius 3 is 2.12 bits per heavy atom. The topological polar surface area (TPSA) is 83.5 Å². The van der Waals surface area contributed by atoms with Gasteiger partial charge in [-0.2, -0.15) is 0 Å². The van der Waals surface area contributed by atoms with Crippen LogP contribution >= 0.6 is 0 Å². The van der Waals surface area contributed by atoms with Gasteiger partial charge in [-0.25, -0.2) is 8.42 Å². The molecule has 0 heterocycles. The van der Waals surface area contributed by atoms with Gasteiger partial charge >= 0.3 is 29.6 Å². The van der Waals surface area contributed by atoms with Crippen molar-refractivity contribution in [2.45, 2.75) is 0 Å². The maximum atomic E-state index is 12.4. The summed E-state index contributed by atoms with van der Waals surface area (Å²) in [6.07, 6.45) is 0. The Morgan fingerprint density at radius 1 is 0.833 bits per heavy atom. The first-order chi connectivity index (χ1) is 10.9. The van der Waals surface area contributed by atoms with Crippen molar-refractivity contribution in [1.82, 2.24) is 0 Å². The van der Waals surface area contributed by atoms with Gasteiger partial charge in [0.25, 0.3) is 10.4 Å². The normalized spacial score (nSPS) is 10.9. The van der Waals surface area contributed by atoms with Crippen LogP contribution in [0.15, 0.2) is 66.7 Å². The summed E-state index contributed by atoms with van der Waals surface area (Å²) in [6, 6.07) is 18.3. The molecule has 0 atom stereocenters. The van der Waals surface area contributed by atoms with Crippen LogP contribution in [0.25, 0.3) is 10.8 Å². The van der Waals surface area contributed by atoms with E-state index in [-0.39, 0.29) is 41.1 Å². The second-order valence-corrected chi connectivity index (χ2v) is 5.89. The second kappa shape index (κ2) is 7.46. The molecule has 0 aliphatic rings. The summed E-state index contributed by atoms with van der Waals surface area (Å²) in [5.41, 5.74) is 1.11. The van der Waals surface area contributed by atoms with Crippen LogP contribution in [0.4, 0.5) is 0 Å². The van der Waals surface area contributed by atoms with Gasteiger partial charge in [-0.3, -0.25) is 4.79 Å². The number of fused-ring (bicyclic) bond motifs is 1. The van der Waals surface area contributed by atoms with E-state index < -0.39 is 10.4 Å². The first-order valence-electron chi connectivity index (χ1n) is 6.71. The molecule has 7 heteroatoms. The molecule has 5 nitrogen and oxygen atoms in total. The van der Waals surface area contributed by atoms with Crippen molar-refractivity contribution in [2.75, 3.05) is 0 Å². The maximum Gasteiger partial charge on any atom is 1.00 e. The van der Waals surface area contributed by atoms with Crippen molar-refractivity contribution >= 4 is 27.0 Å². The van der Waals surface area contributed by atoms with Gasteiger partial charge in [-0.15, -0.1) is 0 Å². The van der Waals surface area contributed by atoms with Gasteiger partial charge in [-0.05, 0) is 29.0 Å². The number of hydrogen-bond donors (Lipinski definition) is 0. The first kappa shape index (κ1) is 18.6. The number of ketones is 1. The van der Waals surface area contributed by atoms with Crippen molar-refractivity contribution in [3.63, 3.8) is 0 Å². The third kappa shape index (κ3) is 4.43. The van der Waals surface area contributed by atoms with Crippen molar-refractivity contribution in [3.05, 3.63) is 77.9 Å². The van der Waals surface area contributed by atoms with Crippen LogP contribution in [0.1, 0.15) is 15.9 Å². The molecule has 0 saturated carbocycles. The van der Waals surface area contributed by atoms with Crippen molar-refractivity contribution in [3.8, 4) is 5.75 Å². The Kier molecular flexibility index (Phi) is 5.79. The monoisotopic (exact) mass is 350 g/mol. The van der Waals surface area contributed by atoms with Crippen LogP contribution in [-0.4, -0.2) is 18.8 Å². The summed E-state index contributed by atoms with van der Waals surface area (Å²) in [7, 11) is -4.81. The van der Waals surface area contributed by atoms with Crippen LogP contribution in [0, 0.1) is 0 Å². The SMILES string of the molecule is O=C(c1ccccc1)c1ccc2cc(OS(=O)(=O)[O-])ccc2c1.[Na+]. The minimum atomic E-state index is -4.81. The van der Waals surface area contributed by atoms with E-state index >= 15 is 0 Å². The van der Waals surface area contributed by atoms with Crippen molar-refractivity contribution in [1.29, 1.82) is 0 Å². The maximum absolute atomic E-state index is 12.4. The summed E-state index contributed by atoms with van der Waals surface area (Å²) in [6.45, 7) is 0. The molecule has 0 aliphatic carbocycles. The molecule has 0 N–H and O–H groups in total. The Hall–Kier alpha value is -1.70. The standard InChI is InChI=1S/C17H12O5S.Na/c18-17(12-4-2-1-3-5-12)15-7-6-14-11-16(22-23(19,20)21)9-8-13(14)10-15;/h1-11H,(H,19,20,21);/q;+1/p-1. The Morgan fingerprint density at radius 2 is 1.46 bits per heavy atom. The van der Waals surface area contributed by atoms with Gasteiger partial charge in [0.2, 0.25) is 0 Å². The van der Waals surface area contributed by atoms with E-state index in [2.05, 4.69) is 4.18 Å². The average Bonchev–Trinajstić information content (AvgIpc) is 2.53. The average molecular weight is 350 g/mol. The van der Waals surface area contributed by atoms with Crippen LogP contribution < -0.4 is 33.7 Å². The molecule has 0 amide bonds. The molecule has 3 aromatic rings. The van der Waals surface area contributed by atoms with Gasteiger partial charge in [-0.1, -0.05) is 48.5 Å². The van der Waals surface area contributed by atoms with Crippen LogP contribution in [0.3, 0.4) is 0 Å². The van der Waals surface area contributed by atoms with Crippen LogP contribution in [-0.2, 0) is 10.4 Å². The van der Waals surface area contributed by atoms with E-state index in [4.69, 9.17) is 0 Å². The molecule has 0 aromatic heterocycles. The number of hydrogen-bond acceptors (Lipinski definition) is 5. The molecular formula is C17H11NaO5S. The van der Waals surface area contributed by atoms with E-state index in [0.29, 0.717) is 16.5 Å². The molecule has 0 aliphatic heterocycles. The Balaban J connectivity index is 0.00000208. The molecule has 3 aromatic carbocycles. The molecule has 3 rings (SSSR count). The number of rotatable bonds is 4. The molecule has 0 unspecified atom stereocenters. The fourth-order valence-corrected chi connectivity index (χ4v) is 2.63. The molecule has 116 valence electrons. The number of benzene rings is 3. The zero-order valence-electron chi connectivity index (χ0n) is 12.8. The summed E-state index contributed by atoms with van der Waals surface area (Å²) >= 11 is 0. The quantitative estimate of drug-likeness (QED) is 0.284. The van der Waals surface area contributed by atoms with Crippen LogP contribution in [0.2, 0.25) is 0 Å². The summed E-state index contributed by atoms with van der Waals surface area (Å²) < 4.78 is 36.2. The molecule has 0 fully saturated rings. The fourth-order valence-electron chi connectivity index (χ4n) is 2.29. The molecule has 0 bridgehead atoms. The van der Waals surface area contributed by atoms with E-state index in [1.165, 1.54) is 12.1 Å². The van der Waals surface area contributed by atoms with Gasteiger partial charge in [0.15, 0.2) is 5.78 Å². The molecule has 0 saturated heterocycles. The minimum absolute atomic E-state index is 0. The van der Waals surface area contributed by atoms with Gasteiger partial charge in [0.1, 0.15) is 5.75 Å². The number of carbonyl (C=O) groups excluding carboxylic acids is 1. The van der Waals surface area contributed by atoms with Crippen molar-refractivity contribution in [2.24, 2.45) is 0 Å². The number of carbonyl (C=O) groups is 1. The van der Waals surface area contributed by atoms with E-state index in [1.807, 2.05) is 6.07 Å². The zero-order valence-corrected chi connectivity index (χ0v) is 15.6. The van der Waals surface area contributed by atoms with Crippen molar-refractivity contribution < 1.29 is 51.5 Å².